The molecule has 2 aromatic rings. The molecule has 0 spiro atoms. The molecule has 2 aromatic carbocycles. The van der Waals surface area contributed by atoms with E-state index in [1.807, 2.05) is 30.3 Å². The molecule has 0 radical (unpaired) electrons. The Balaban J connectivity index is 1.60. The molecule has 0 bridgehead atoms. The van der Waals surface area contributed by atoms with Gasteiger partial charge in [0, 0.05) is 18.8 Å². The molecule has 4 rings (SSSR count). The fraction of sp³-hybridized carbons (Fsp3) is 0.478. The van der Waals surface area contributed by atoms with Gasteiger partial charge in [-0.25, -0.2) is 0 Å². The molecule has 0 unspecified atom stereocenters. The van der Waals surface area contributed by atoms with E-state index < -0.39 is 37.1 Å². The number of aliphatic hydroxyl groups is 4. The van der Waals surface area contributed by atoms with Crippen molar-refractivity contribution in [3.05, 3.63) is 59.2 Å². The summed E-state index contributed by atoms with van der Waals surface area (Å²) in [5, 5.41) is 40.1. The van der Waals surface area contributed by atoms with Gasteiger partial charge in [0.15, 0.2) is 0 Å². The lowest BCUT2D eigenvalue weighted by atomic mass is 9.89. The van der Waals surface area contributed by atoms with E-state index >= 15 is 0 Å². The molecule has 0 aromatic heterocycles. The number of hydrogen-bond acceptors (Lipinski definition) is 7. The number of ether oxygens (including phenoxy) is 2. The Labute approximate surface area is 176 Å². The van der Waals surface area contributed by atoms with Crippen molar-refractivity contribution >= 4 is 5.69 Å². The molecule has 1 fully saturated rings. The molecule has 30 heavy (non-hydrogen) atoms. The highest BCUT2D eigenvalue weighted by Crippen LogP contribution is 2.37. The Bertz CT molecular complexity index is 855. The molecule has 0 aliphatic carbocycles. The number of aliphatic hydroxyl groups excluding tert-OH is 4. The minimum Gasteiger partial charge on any atom is -0.497 e. The second-order valence-corrected chi connectivity index (χ2v) is 8.01. The van der Waals surface area contributed by atoms with Crippen LogP contribution in [0, 0.1) is 0 Å². The van der Waals surface area contributed by atoms with Crippen LogP contribution < -0.4 is 9.64 Å². The van der Waals surface area contributed by atoms with Gasteiger partial charge in [-0.1, -0.05) is 24.3 Å². The fourth-order valence-electron chi connectivity index (χ4n) is 4.34. The van der Waals surface area contributed by atoms with E-state index in [1.54, 1.807) is 7.11 Å². The normalized spacial score (nSPS) is 28.8. The van der Waals surface area contributed by atoms with Gasteiger partial charge >= 0.3 is 0 Å². The highest BCUT2D eigenvalue weighted by Gasteiger charge is 2.44. The summed E-state index contributed by atoms with van der Waals surface area (Å²) in [6, 6.07) is 13.9. The summed E-state index contributed by atoms with van der Waals surface area (Å²) in [7, 11) is 1.65. The summed E-state index contributed by atoms with van der Waals surface area (Å²) >= 11 is 0. The van der Waals surface area contributed by atoms with Gasteiger partial charge in [0.2, 0.25) is 0 Å². The zero-order chi connectivity index (χ0) is 21.3. The molecule has 7 nitrogen and oxygen atoms in total. The van der Waals surface area contributed by atoms with E-state index in [2.05, 4.69) is 17.0 Å². The molecule has 0 amide bonds. The van der Waals surface area contributed by atoms with Crippen LogP contribution in [0.5, 0.6) is 5.75 Å². The van der Waals surface area contributed by atoms with Gasteiger partial charge in [0.1, 0.15) is 36.3 Å². The zero-order valence-corrected chi connectivity index (χ0v) is 17.0. The molecule has 2 aliphatic heterocycles. The topological polar surface area (TPSA) is 103 Å². The van der Waals surface area contributed by atoms with Gasteiger partial charge in [0.25, 0.3) is 0 Å². The minimum absolute atomic E-state index is 0.435. The molecule has 162 valence electrons. The van der Waals surface area contributed by atoms with E-state index in [9.17, 15) is 20.4 Å². The average molecular weight is 415 g/mol. The number of methoxy groups -OCH3 is 1. The Morgan fingerprint density at radius 3 is 2.50 bits per heavy atom. The van der Waals surface area contributed by atoms with Crippen LogP contribution in [0.25, 0.3) is 0 Å². The first-order chi connectivity index (χ1) is 14.5. The van der Waals surface area contributed by atoms with Crippen LogP contribution >= 0.6 is 0 Å². The molecular formula is C23H29NO6. The molecule has 2 heterocycles. The minimum atomic E-state index is -1.38. The smallest absolute Gasteiger partial charge is 0.118 e. The zero-order valence-electron chi connectivity index (χ0n) is 17.0. The predicted octanol–water partition coefficient (Wildman–Crippen LogP) is 1.16. The maximum Gasteiger partial charge on any atom is 0.118 e. The van der Waals surface area contributed by atoms with Crippen molar-refractivity contribution in [2.45, 2.75) is 49.9 Å². The van der Waals surface area contributed by atoms with Crippen LogP contribution in [0.15, 0.2) is 42.5 Å². The fourth-order valence-corrected chi connectivity index (χ4v) is 4.34. The van der Waals surface area contributed by atoms with Gasteiger partial charge < -0.3 is 34.8 Å². The molecule has 4 N–H and O–H groups in total. The van der Waals surface area contributed by atoms with Gasteiger partial charge in [-0.3, -0.25) is 0 Å². The van der Waals surface area contributed by atoms with Crippen molar-refractivity contribution in [3.8, 4) is 5.75 Å². The second-order valence-electron chi connectivity index (χ2n) is 8.01. The van der Waals surface area contributed by atoms with E-state index in [0.29, 0.717) is 5.56 Å². The molecular weight excluding hydrogens is 386 g/mol. The summed E-state index contributed by atoms with van der Waals surface area (Å²) in [4.78, 5) is 2.30. The highest BCUT2D eigenvalue weighted by molar-refractivity contribution is 5.58. The van der Waals surface area contributed by atoms with Crippen molar-refractivity contribution < 1.29 is 29.9 Å². The molecule has 7 heteroatoms. The lowest BCUT2D eigenvalue weighted by Gasteiger charge is -2.41. The largest absolute Gasteiger partial charge is 0.497 e. The predicted molar refractivity (Wildman–Crippen MR) is 112 cm³/mol. The van der Waals surface area contributed by atoms with Crippen molar-refractivity contribution in [3.63, 3.8) is 0 Å². The number of hydrogen-bond donors (Lipinski definition) is 4. The van der Waals surface area contributed by atoms with Crippen LogP contribution in [0.2, 0.25) is 0 Å². The van der Waals surface area contributed by atoms with Gasteiger partial charge in [-0.2, -0.15) is 0 Å². The van der Waals surface area contributed by atoms with Crippen molar-refractivity contribution in [1.29, 1.82) is 0 Å². The van der Waals surface area contributed by atoms with Crippen LogP contribution in [0.3, 0.4) is 0 Å². The number of nitrogens with zero attached hydrogens (tertiary/aromatic N) is 1. The van der Waals surface area contributed by atoms with Crippen molar-refractivity contribution in [1.82, 2.24) is 0 Å². The number of anilines is 1. The van der Waals surface area contributed by atoms with Crippen LogP contribution in [-0.4, -0.2) is 65.1 Å². The van der Waals surface area contributed by atoms with E-state index in [1.165, 1.54) is 11.1 Å². The average Bonchev–Trinajstić information content (AvgIpc) is 2.78. The number of aryl methyl sites for hydroxylation is 1. The molecule has 1 saturated heterocycles. The quantitative estimate of drug-likeness (QED) is 0.581. The van der Waals surface area contributed by atoms with Crippen molar-refractivity contribution in [2.24, 2.45) is 0 Å². The summed E-state index contributed by atoms with van der Waals surface area (Å²) in [6.07, 6.45) is -3.72. The van der Waals surface area contributed by atoms with E-state index in [-0.39, 0.29) is 0 Å². The Morgan fingerprint density at radius 1 is 1.03 bits per heavy atom. The third-order valence-electron chi connectivity index (χ3n) is 6.08. The first-order valence-electron chi connectivity index (χ1n) is 10.3. The third-order valence-corrected chi connectivity index (χ3v) is 6.08. The Hall–Kier alpha value is -2.16. The maximum atomic E-state index is 10.5. The molecule has 5 atom stereocenters. The van der Waals surface area contributed by atoms with Gasteiger partial charge in [-0.15, -0.1) is 0 Å². The van der Waals surface area contributed by atoms with Crippen LogP contribution in [0.1, 0.15) is 29.2 Å². The number of benzene rings is 2. The summed E-state index contributed by atoms with van der Waals surface area (Å²) in [6.45, 7) is 1.22. The van der Waals surface area contributed by atoms with E-state index in [0.717, 1.165) is 37.4 Å². The standard InChI is InChI=1S/C23H29NO6/c1-29-17-8-4-14(5-9-17)12-24-10-2-3-15-6-7-16(11-18(15)24)23-22(28)21(27)20(26)19(13-25)30-23/h4-9,11,19-23,25-28H,2-3,10,12-13H2,1H3/t19-,20-,21+,22-,23+/m1/s1. The van der Waals surface area contributed by atoms with Crippen LogP contribution in [0.4, 0.5) is 5.69 Å². The first-order valence-corrected chi connectivity index (χ1v) is 10.3. The SMILES string of the molecule is COc1ccc(CN2CCCc3ccc([C@@H]4O[C@H](CO)[C@@H](O)[C@H](O)[C@H]4O)cc32)cc1. The second kappa shape index (κ2) is 8.91. The Kier molecular flexibility index (Phi) is 6.26. The number of fused-ring (bicyclic) bond motifs is 1. The lowest BCUT2D eigenvalue weighted by Crippen LogP contribution is -2.55. The van der Waals surface area contributed by atoms with Crippen molar-refractivity contribution in [2.75, 3.05) is 25.2 Å². The summed E-state index contributed by atoms with van der Waals surface area (Å²) in [5.41, 5.74) is 4.18. The molecule has 2 aliphatic rings. The van der Waals surface area contributed by atoms with Gasteiger partial charge in [-0.05, 0) is 47.7 Å². The molecule has 0 saturated carbocycles. The monoisotopic (exact) mass is 415 g/mol. The highest BCUT2D eigenvalue weighted by atomic mass is 16.5. The van der Waals surface area contributed by atoms with Gasteiger partial charge in [0.05, 0.1) is 13.7 Å². The maximum absolute atomic E-state index is 10.5. The van der Waals surface area contributed by atoms with Crippen LogP contribution in [-0.2, 0) is 17.7 Å². The summed E-state index contributed by atoms with van der Waals surface area (Å²) in [5.74, 6) is 0.822. The van der Waals surface area contributed by atoms with E-state index in [4.69, 9.17) is 9.47 Å². The lowest BCUT2D eigenvalue weighted by molar-refractivity contribution is -0.231. The number of rotatable bonds is 5. The first kappa shape index (κ1) is 21.1. The third kappa shape index (κ3) is 4.04. The Morgan fingerprint density at radius 2 is 1.80 bits per heavy atom. The summed E-state index contributed by atoms with van der Waals surface area (Å²) < 4.78 is 11.0.